The second kappa shape index (κ2) is 5.01. The second-order valence-corrected chi connectivity index (χ2v) is 3.92. The number of aryl methyl sites for hydroxylation is 1. The van der Waals surface area contributed by atoms with E-state index in [1.807, 2.05) is 6.92 Å². The Hall–Kier alpha value is -2.14. The number of ether oxygens (including phenoxy) is 1. The third kappa shape index (κ3) is 2.57. The first-order valence-corrected chi connectivity index (χ1v) is 5.41. The van der Waals surface area contributed by atoms with E-state index in [4.69, 9.17) is 14.3 Å². The molecule has 1 atom stereocenters. The van der Waals surface area contributed by atoms with E-state index in [2.05, 4.69) is 0 Å². The Balaban J connectivity index is 2.32. The largest absolute Gasteiger partial charge is 0.490 e. The van der Waals surface area contributed by atoms with Gasteiger partial charge in [-0.3, -0.25) is 0 Å². The molecule has 1 aromatic heterocycles. The van der Waals surface area contributed by atoms with E-state index in [9.17, 15) is 9.59 Å². The monoisotopic (exact) mass is 248 g/mol. The summed E-state index contributed by atoms with van der Waals surface area (Å²) in [6.45, 7) is 1.68. The fourth-order valence-corrected chi connectivity index (χ4v) is 1.62. The minimum Gasteiger partial charge on any atom is -0.490 e. The quantitative estimate of drug-likeness (QED) is 0.646. The van der Waals surface area contributed by atoms with Crippen LogP contribution in [0.2, 0.25) is 0 Å². The van der Waals surface area contributed by atoms with Gasteiger partial charge >= 0.3 is 5.63 Å². The molecule has 2 aromatic rings. The predicted octanol–water partition coefficient (Wildman–Crippen LogP) is 1.04. The Morgan fingerprint density at radius 1 is 1.44 bits per heavy atom. The van der Waals surface area contributed by atoms with Crippen LogP contribution >= 0.6 is 0 Å². The zero-order chi connectivity index (χ0) is 13.1. The van der Waals surface area contributed by atoms with Crippen LogP contribution in [0.5, 0.6) is 5.75 Å². The summed E-state index contributed by atoms with van der Waals surface area (Å²) in [5, 5.41) is 9.87. The lowest BCUT2D eigenvalue weighted by Crippen LogP contribution is -2.18. The normalized spacial score (nSPS) is 12.3. The summed E-state index contributed by atoms with van der Waals surface area (Å²) in [5.74, 6) is 0.428. The van der Waals surface area contributed by atoms with Crippen molar-refractivity contribution >= 4 is 17.3 Å². The number of aliphatic hydroxyl groups excluding tert-OH is 1. The molecule has 0 aliphatic heterocycles. The molecule has 1 heterocycles. The van der Waals surface area contributed by atoms with Gasteiger partial charge in [-0.05, 0) is 24.6 Å². The summed E-state index contributed by atoms with van der Waals surface area (Å²) < 4.78 is 10.3. The summed E-state index contributed by atoms with van der Waals surface area (Å²) in [5.41, 5.74) is 0.809. The van der Waals surface area contributed by atoms with Crippen LogP contribution in [0.25, 0.3) is 11.0 Å². The summed E-state index contributed by atoms with van der Waals surface area (Å²) in [6.07, 6.45) is -0.768. The van der Waals surface area contributed by atoms with Gasteiger partial charge in [0, 0.05) is 17.5 Å². The molecule has 5 heteroatoms. The Bertz CT molecular complexity index is 629. The number of hydrogen-bond acceptors (Lipinski definition) is 5. The van der Waals surface area contributed by atoms with E-state index in [-0.39, 0.29) is 6.61 Å². The molecule has 0 aliphatic carbocycles. The fourth-order valence-electron chi connectivity index (χ4n) is 1.62. The van der Waals surface area contributed by atoms with Crippen molar-refractivity contribution in [1.29, 1.82) is 0 Å². The topological polar surface area (TPSA) is 76.7 Å². The lowest BCUT2D eigenvalue weighted by Gasteiger charge is -2.08. The smallest absolute Gasteiger partial charge is 0.336 e. The molecule has 0 amide bonds. The first-order chi connectivity index (χ1) is 8.60. The van der Waals surface area contributed by atoms with E-state index in [0.29, 0.717) is 17.6 Å². The number of fused-ring (bicyclic) bond motifs is 1. The highest BCUT2D eigenvalue weighted by Crippen LogP contribution is 2.22. The maximum absolute atomic E-state index is 11.2. The highest BCUT2D eigenvalue weighted by atomic mass is 16.5. The van der Waals surface area contributed by atoms with Gasteiger partial charge in [0.2, 0.25) is 0 Å². The van der Waals surface area contributed by atoms with E-state index in [1.54, 1.807) is 18.2 Å². The number of carbonyl (C=O) groups excluding carboxylic acids is 1. The van der Waals surface area contributed by atoms with Crippen LogP contribution in [0.3, 0.4) is 0 Å². The van der Waals surface area contributed by atoms with Crippen LogP contribution in [0.4, 0.5) is 0 Å². The first kappa shape index (κ1) is 12.3. The number of hydrogen-bond donors (Lipinski definition) is 1. The Labute approximate surface area is 103 Å². The molecule has 0 radical (unpaired) electrons. The van der Waals surface area contributed by atoms with Gasteiger partial charge < -0.3 is 19.1 Å². The number of aldehydes is 1. The molecular weight excluding hydrogens is 236 g/mol. The molecule has 5 nitrogen and oxygen atoms in total. The number of rotatable bonds is 4. The molecule has 0 saturated carbocycles. The van der Waals surface area contributed by atoms with Crippen molar-refractivity contribution in [3.05, 3.63) is 40.2 Å². The van der Waals surface area contributed by atoms with E-state index in [0.717, 1.165) is 10.9 Å². The molecular formula is C13H12O5. The summed E-state index contributed by atoms with van der Waals surface area (Å²) >= 11 is 0. The number of aliphatic hydroxyl groups is 1. The molecule has 1 N–H and O–H groups in total. The summed E-state index contributed by atoms with van der Waals surface area (Å²) in [4.78, 5) is 21.5. The van der Waals surface area contributed by atoms with Gasteiger partial charge in [-0.15, -0.1) is 0 Å². The van der Waals surface area contributed by atoms with E-state index < -0.39 is 11.7 Å². The van der Waals surface area contributed by atoms with Gasteiger partial charge in [0.05, 0.1) is 0 Å². The van der Waals surface area contributed by atoms with Crippen molar-refractivity contribution in [3.8, 4) is 5.75 Å². The molecule has 0 fully saturated rings. The van der Waals surface area contributed by atoms with Crippen molar-refractivity contribution in [1.82, 2.24) is 0 Å². The van der Waals surface area contributed by atoms with Gasteiger partial charge in [-0.1, -0.05) is 0 Å². The Morgan fingerprint density at radius 3 is 2.94 bits per heavy atom. The molecule has 94 valence electrons. The number of benzene rings is 1. The van der Waals surface area contributed by atoms with Crippen LogP contribution in [0.1, 0.15) is 5.56 Å². The van der Waals surface area contributed by atoms with Gasteiger partial charge in [0.15, 0.2) is 6.29 Å². The van der Waals surface area contributed by atoms with E-state index in [1.165, 1.54) is 6.07 Å². The van der Waals surface area contributed by atoms with Crippen LogP contribution < -0.4 is 10.4 Å². The summed E-state index contributed by atoms with van der Waals surface area (Å²) in [6, 6.07) is 6.42. The van der Waals surface area contributed by atoms with Crippen molar-refractivity contribution < 1.29 is 19.1 Å². The lowest BCUT2D eigenvalue weighted by molar-refractivity contribution is -0.116. The average Bonchev–Trinajstić information content (AvgIpc) is 2.35. The average molecular weight is 248 g/mol. The molecule has 0 bridgehead atoms. The number of carbonyl (C=O) groups is 1. The summed E-state index contributed by atoms with van der Waals surface area (Å²) in [7, 11) is 0. The van der Waals surface area contributed by atoms with Crippen LogP contribution in [-0.4, -0.2) is 24.1 Å². The standard InChI is InChI=1S/C13H12O5/c1-8-4-13(16)18-12-5-10(2-3-11(8)12)17-7-9(15)6-14/h2-6,9,15H,7H2,1H3. The van der Waals surface area contributed by atoms with Gasteiger partial charge in [-0.2, -0.15) is 0 Å². The van der Waals surface area contributed by atoms with Crippen LogP contribution in [0.15, 0.2) is 33.5 Å². The molecule has 18 heavy (non-hydrogen) atoms. The molecule has 0 saturated heterocycles. The maximum atomic E-state index is 11.2. The van der Waals surface area contributed by atoms with Gasteiger partial charge in [-0.25, -0.2) is 4.79 Å². The van der Waals surface area contributed by atoms with Crippen molar-refractivity contribution in [2.24, 2.45) is 0 Å². The predicted molar refractivity (Wildman–Crippen MR) is 64.8 cm³/mol. The molecule has 1 aromatic carbocycles. The first-order valence-electron chi connectivity index (χ1n) is 5.41. The van der Waals surface area contributed by atoms with Crippen molar-refractivity contribution in [2.45, 2.75) is 13.0 Å². The lowest BCUT2D eigenvalue weighted by atomic mass is 10.1. The third-order valence-electron chi connectivity index (χ3n) is 2.50. The molecule has 2 rings (SSSR count). The van der Waals surface area contributed by atoms with Gasteiger partial charge in [0.1, 0.15) is 24.0 Å². The highest BCUT2D eigenvalue weighted by molar-refractivity contribution is 5.81. The second-order valence-electron chi connectivity index (χ2n) is 3.92. The SMILES string of the molecule is Cc1cc(=O)oc2cc(OCC(O)C=O)ccc12. The van der Waals surface area contributed by atoms with Crippen molar-refractivity contribution in [3.63, 3.8) is 0 Å². The highest BCUT2D eigenvalue weighted by Gasteiger charge is 2.06. The Morgan fingerprint density at radius 2 is 2.22 bits per heavy atom. The third-order valence-corrected chi connectivity index (χ3v) is 2.50. The molecule has 0 spiro atoms. The Kier molecular flexibility index (Phi) is 3.43. The maximum Gasteiger partial charge on any atom is 0.336 e. The van der Waals surface area contributed by atoms with Crippen molar-refractivity contribution in [2.75, 3.05) is 6.61 Å². The van der Waals surface area contributed by atoms with Crippen LogP contribution in [0, 0.1) is 6.92 Å². The molecule has 1 unspecified atom stereocenters. The van der Waals surface area contributed by atoms with Crippen LogP contribution in [-0.2, 0) is 4.79 Å². The zero-order valence-electron chi connectivity index (χ0n) is 9.75. The minimum atomic E-state index is -1.16. The van der Waals surface area contributed by atoms with Gasteiger partial charge in [0.25, 0.3) is 0 Å². The fraction of sp³-hybridized carbons (Fsp3) is 0.231. The zero-order valence-corrected chi connectivity index (χ0v) is 9.75. The van der Waals surface area contributed by atoms with E-state index >= 15 is 0 Å². The molecule has 0 aliphatic rings. The minimum absolute atomic E-state index is 0.134.